The fraction of sp³-hybridized carbons (Fsp3) is 0.300. The molecule has 7 nitrogen and oxygen atoms in total. The molecule has 0 aliphatic heterocycles. The Hall–Kier alpha value is -2.49. The van der Waals surface area contributed by atoms with Gasteiger partial charge < -0.3 is 19.8 Å². The lowest BCUT2D eigenvalue weighted by Crippen LogP contribution is -2.38. The maximum atomic E-state index is 5.34. The third-order valence-electron chi connectivity index (χ3n) is 3.97. The average Bonchev–Trinajstić information content (AvgIpc) is 3.38. The Bertz CT molecular complexity index is 844. The van der Waals surface area contributed by atoms with Crippen LogP contribution in [0.15, 0.2) is 64.3 Å². The molecule has 0 aliphatic rings. The molecule has 0 saturated heterocycles. The second-order valence-corrected chi connectivity index (χ2v) is 5.90. The fourth-order valence-electron chi connectivity index (χ4n) is 2.59. The summed E-state index contributed by atoms with van der Waals surface area (Å²) in [5, 5.41) is 11.1. The number of benzene rings is 1. The van der Waals surface area contributed by atoms with Crippen molar-refractivity contribution in [1.29, 1.82) is 0 Å². The third kappa shape index (κ3) is 6.29. The number of hydrogen-bond acceptors (Lipinski definition) is 4. The number of halogens is 1. The average molecular weight is 495 g/mol. The molecule has 2 aromatic heterocycles. The fourth-order valence-corrected chi connectivity index (χ4v) is 2.59. The minimum atomic E-state index is 0. The normalized spacial score (nSPS) is 11.0. The van der Waals surface area contributed by atoms with Crippen molar-refractivity contribution in [2.75, 3.05) is 20.2 Å². The molecule has 0 fully saturated rings. The van der Waals surface area contributed by atoms with E-state index >= 15 is 0 Å². The highest BCUT2D eigenvalue weighted by molar-refractivity contribution is 14.0. The zero-order valence-corrected chi connectivity index (χ0v) is 18.4. The maximum absolute atomic E-state index is 5.34. The highest BCUT2D eigenvalue weighted by Crippen LogP contribution is 2.14. The van der Waals surface area contributed by atoms with Gasteiger partial charge in [0.15, 0.2) is 5.96 Å². The Kier molecular flexibility index (Phi) is 8.86. The molecule has 0 atom stereocenters. The van der Waals surface area contributed by atoms with Crippen molar-refractivity contribution in [2.45, 2.75) is 19.9 Å². The molecule has 0 unspecified atom stereocenters. The van der Waals surface area contributed by atoms with Gasteiger partial charge in [0.2, 0.25) is 0 Å². The van der Waals surface area contributed by atoms with Gasteiger partial charge in [-0.25, -0.2) is 9.67 Å². The Morgan fingerprint density at radius 2 is 2.00 bits per heavy atom. The summed E-state index contributed by atoms with van der Waals surface area (Å²) in [4.78, 5) is 4.60. The first kappa shape index (κ1) is 21.8. The number of aromatic nitrogens is 2. The van der Waals surface area contributed by atoms with Gasteiger partial charge in [-0.15, -0.1) is 24.0 Å². The Morgan fingerprint density at radius 3 is 2.68 bits per heavy atom. The Balaban J connectivity index is 0.00000280. The molecule has 0 radical (unpaired) electrons. The van der Waals surface area contributed by atoms with Crippen molar-refractivity contribution < 1.29 is 9.15 Å². The molecular weight excluding hydrogens is 469 g/mol. The van der Waals surface area contributed by atoms with Crippen molar-refractivity contribution >= 4 is 29.9 Å². The minimum Gasteiger partial charge on any atom is -0.497 e. The largest absolute Gasteiger partial charge is 0.497 e. The standard InChI is InChI=1S/C20H25N5O2.HI/c1-3-21-20(22-12-10-19-5-4-14-27-19)23-15-16-11-13-25(24-16)17-6-8-18(26-2)9-7-17;/h4-9,11,13-14H,3,10,12,15H2,1-2H3,(H2,21,22,23);1H. The van der Waals surface area contributed by atoms with Gasteiger partial charge in [-0.1, -0.05) is 0 Å². The first-order valence-electron chi connectivity index (χ1n) is 9.02. The van der Waals surface area contributed by atoms with E-state index in [1.165, 1.54) is 0 Å². The second-order valence-electron chi connectivity index (χ2n) is 5.90. The summed E-state index contributed by atoms with van der Waals surface area (Å²) in [6.45, 7) is 4.09. The molecule has 8 heteroatoms. The van der Waals surface area contributed by atoms with E-state index < -0.39 is 0 Å². The van der Waals surface area contributed by atoms with Crippen LogP contribution in [0.4, 0.5) is 0 Å². The lowest BCUT2D eigenvalue weighted by atomic mass is 10.3. The van der Waals surface area contributed by atoms with Crippen LogP contribution >= 0.6 is 24.0 Å². The van der Waals surface area contributed by atoms with Crippen LogP contribution in [0.5, 0.6) is 5.75 Å². The SMILES string of the molecule is CCNC(=NCc1ccn(-c2ccc(OC)cc2)n1)NCCc1ccco1.I. The molecule has 0 bridgehead atoms. The van der Waals surface area contributed by atoms with Gasteiger partial charge in [0, 0.05) is 25.7 Å². The first-order chi connectivity index (χ1) is 13.3. The smallest absolute Gasteiger partial charge is 0.191 e. The van der Waals surface area contributed by atoms with E-state index in [4.69, 9.17) is 9.15 Å². The summed E-state index contributed by atoms with van der Waals surface area (Å²) in [6.07, 6.45) is 4.43. The van der Waals surface area contributed by atoms with Crippen molar-refractivity contribution in [2.24, 2.45) is 4.99 Å². The molecule has 2 N–H and O–H groups in total. The van der Waals surface area contributed by atoms with Gasteiger partial charge in [0.25, 0.3) is 0 Å². The maximum Gasteiger partial charge on any atom is 0.191 e. The van der Waals surface area contributed by atoms with Crippen molar-refractivity contribution in [3.05, 3.63) is 66.4 Å². The summed E-state index contributed by atoms with van der Waals surface area (Å²) in [5.41, 5.74) is 1.88. The van der Waals surface area contributed by atoms with Crippen LogP contribution in [-0.2, 0) is 13.0 Å². The number of nitrogens with zero attached hydrogens (tertiary/aromatic N) is 3. The number of guanidine groups is 1. The van der Waals surface area contributed by atoms with Crippen molar-refractivity contribution in [3.63, 3.8) is 0 Å². The summed E-state index contributed by atoms with van der Waals surface area (Å²) < 4.78 is 12.4. The number of hydrogen-bond donors (Lipinski definition) is 2. The van der Waals surface area contributed by atoms with Crippen LogP contribution < -0.4 is 15.4 Å². The summed E-state index contributed by atoms with van der Waals surface area (Å²) in [5.74, 6) is 2.55. The van der Waals surface area contributed by atoms with Gasteiger partial charge in [0.1, 0.15) is 11.5 Å². The molecule has 0 spiro atoms. The Labute approximate surface area is 182 Å². The van der Waals surface area contributed by atoms with E-state index in [1.54, 1.807) is 13.4 Å². The summed E-state index contributed by atoms with van der Waals surface area (Å²) in [7, 11) is 1.66. The van der Waals surface area contributed by atoms with Crippen LogP contribution in [0.25, 0.3) is 5.69 Å². The van der Waals surface area contributed by atoms with Crippen LogP contribution in [0, 0.1) is 0 Å². The van der Waals surface area contributed by atoms with Crippen LogP contribution in [0.1, 0.15) is 18.4 Å². The molecule has 3 rings (SSSR count). The van der Waals surface area contributed by atoms with E-state index in [-0.39, 0.29) is 24.0 Å². The molecule has 150 valence electrons. The number of nitrogens with one attached hydrogen (secondary N) is 2. The lowest BCUT2D eigenvalue weighted by molar-refractivity contribution is 0.414. The van der Waals surface area contributed by atoms with Crippen LogP contribution in [-0.4, -0.2) is 35.9 Å². The molecule has 2 heterocycles. The molecule has 0 saturated carbocycles. The number of ether oxygens (including phenoxy) is 1. The molecule has 0 aliphatic carbocycles. The van der Waals surface area contributed by atoms with E-state index in [9.17, 15) is 0 Å². The van der Waals surface area contributed by atoms with E-state index in [0.29, 0.717) is 6.54 Å². The molecule has 3 aromatic rings. The van der Waals surface area contributed by atoms with E-state index in [0.717, 1.165) is 48.4 Å². The molecular formula is C20H26IN5O2. The number of furan rings is 1. The van der Waals surface area contributed by atoms with Gasteiger partial charge in [-0.05, 0) is 49.4 Å². The molecule has 28 heavy (non-hydrogen) atoms. The Morgan fingerprint density at radius 1 is 1.18 bits per heavy atom. The van der Waals surface area contributed by atoms with Gasteiger partial charge in [-0.3, -0.25) is 0 Å². The summed E-state index contributed by atoms with van der Waals surface area (Å²) >= 11 is 0. The monoisotopic (exact) mass is 495 g/mol. The predicted molar refractivity (Wildman–Crippen MR) is 121 cm³/mol. The van der Waals surface area contributed by atoms with Crippen molar-refractivity contribution in [3.8, 4) is 11.4 Å². The van der Waals surface area contributed by atoms with E-state index in [2.05, 4.69) is 20.7 Å². The van der Waals surface area contributed by atoms with Crippen LogP contribution in [0.3, 0.4) is 0 Å². The topological polar surface area (TPSA) is 76.6 Å². The number of rotatable bonds is 8. The second kappa shape index (κ2) is 11.4. The minimum absolute atomic E-state index is 0. The highest BCUT2D eigenvalue weighted by Gasteiger charge is 2.03. The number of methoxy groups -OCH3 is 1. The van der Waals surface area contributed by atoms with E-state index in [1.807, 2.05) is 60.3 Å². The quantitative estimate of drug-likeness (QED) is 0.285. The zero-order valence-electron chi connectivity index (χ0n) is 16.1. The third-order valence-corrected chi connectivity index (χ3v) is 3.97. The van der Waals surface area contributed by atoms with Gasteiger partial charge in [-0.2, -0.15) is 5.10 Å². The van der Waals surface area contributed by atoms with Gasteiger partial charge in [0.05, 0.1) is 31.3 Å². The van der Waals surface area contributed by atoms with Crippen molar-refractivity contribution in [1.82, 2.24) is 20.4 Å². The number of aliphatic imine (C=N–C) groups is 1. The van der Waals surface area contributed by atoms with Gasteiger partial charge >= 0.3 is 0 Å². The summed E-state index contributed by atoms with van der Waals surface area (Å²) in [6, 6.07) is 13.6. The highest BCUT2D eigenvalue weighted by atomic mass is 127. The first-order valence-corrected chi connectivity index (χ1v) is 9.02. The molecule has 0 amide bonds. The zero-order chi connectivity index (χ0) is 18.9. The van der Waals surface area contributed by atoms with Crippen LogP contribution in [0.2, 0.25) is 0 Å². The molecule has 1 aromatic carbocycles. The lowest BCUT2D eigenvalue weighted by Gasteiger charge is -2.10. The predicted octanol–water partition coefficient (Wildman–Crippen LogP) is 3.39.